The number of pyridine rings is 1. The first-order valence-electron chi connectivity index (χ1n) is 7.31. The lowest BCUT2D eigenvalue weighted by atomic mass is 10.1. The van der Waals surface area contributed by atoms with Gasteiger partial charge < -0.3 is 5.32 Å². The summed E-state index contributed by atoms with van der Waals surface area (Å²) in [5.74, 6) is 0.653. The van der Waals surface area contributed by atoms with Crippen molar-refractivity contribution in [2.45, 2.75) is 40.7 Å². The minimum absolute atomic E-state index is 0.574. The molecule has 0 aliphatic heterocycles. The van der Waals surface area contributed by atoms with Crippen LogP contribution in [0.4, 0.5) is 5.82 Å². The summed E-state index contributed by atoms with van der Waals surface area (Å²) in [7, 11) is 0. The molecule has 2 heterocycles. The Balaban J connectivity index is 2.50. The topological polar surface area (TPSA) is 66.5 Å². The zero-order chi connectivity index (χ0) is 15.4. The van der Waals surface area contributed by atoms with E-state index in [1.165, 1.54) is 0 Å². The monoisotopic (exact) mass is 283 g/mol. The highest BCUT2D eigenvalue weighted by Gasteiger charge is 2.15. The van der Waals surface area contributed by atoms with Gasteiger partial charge in [0.05, 0.1) is 17.0 Å². The van der Waals surface area contributed by atoms with Gasteiger partial charge in [-0.15, -0.1) is 0 Å². The van der Waals surface area contributed by atoms with Gasteiger partial charge in [0.15, 0.2) is 0 Å². The lowest BCUT2D eigenvalue weighted by Gasteiger charge is -2.09. The van der Waals surface area contributed by atoms with Crippen molar-refractivity contribution in [3.05, 3.63) is 29.1 Å². The van der Waals surface area contributed by atoms with Crippen molar-refractivity contribution in [3.8, 4) is 17.3 Å². The van der Waals surface area contributed by atoms with Crippen molar-refractivity contribution in [3.63, 3.8) is 0 Å². The molecule has 5 heteroatoms. The van der Waals surface area contributed by atoms with Crippen LogP contribution in [0.3, 0.4) is 0 Å². The molecule has 0 saturated heterocycles. The smallest absolute Gasteiger partial charge is 0.144 e. The van der Waals surface area contributed by atoms with Gasteiger partial charge in [0.2, 0.25) is 0 Å². The van der Waals surface area contributed by atoms with E-state index in [0.717, 1.165) is 42.2 Å². The van der Waals surface area contributed by atoms with Crippen LogP contribution in [0, 0.1) is 25.2 Å². The Kier molecular flexibility index (Phi) is 4.59. The average Bonchev–Trinajstić information content (AvgIpc) is 2.79. The van der Waals surface area contributed by atoms with Gasteiger partial charge in [-0.25, -0.2) is 4.98 Å². The number of nitrogens with zero attached hydrogens (tertiary/aromatic N) is 4. The fourth-order valence-corrected chi connectivity index (χ4v) is 2.44. The molecule has 0 aromatic carbocycles. The second kappa shape index (κ2) is 6.40. The Labute approximate surface area is 125 Å². The molecular weight excluding hydrogens is 262 g/mol. The van der Waals surface area contributed by atoms with E-state index in [1.54, 1.807) is 0 Å². The number of anilines is 1. The molecule has 0 atom stereocenters. The zero-order valence-electron chi connectivity index (χ0n) is 13.1. The molecule has 0 unspecified atom stereocenters. The molecule has 21 heavy (non-hydrogen) atoms. The molecule has 0 radical (unpaired) electrons. The Morgan fingerprint density at radius 3 is 2.62 bits per heavy atom. The van der Waals surface area contributed by atoms with Crippen LogP contribution in [0.25, 0.3) is 11.3 Å². The summed E-state index contributed by atoms with van der Waals surface area (Å²) < 4.78 is 1.98. The summed E-state index contributed by atoms with van der Waals surface area (Å²) in [4.78, 5) is 4.63. The van der Waals surface area contributed by atoms with Crippen molar-refractivity contribution in [1.82, 2.24) is 14.8 Å². The molecule has 1 N–H and O–H groups in total. The summed E-state index contributed by atoms with van der Waals surface area (Å²) in [5.41, 5.74) is 4.57. The third-order valence-corrected chi connectivity index (χ3v) is 3.50. The highest BCUT2D eigenvalue weighted by atomic mass is 15.3. The maximum Gasteiger partial charge on any atom is 0.144 e. The van der Waals surface area contributed by atoms with E-state index < -0.39 is 0 Å². The van der Waals surface area contributed by atoms with Crippen LogP contribution >= 0.6 is 0 Å². The fraction of sp³-hybridized carbons (Fsp3) is 0.438. The largest absolute Gasteiger partial charge is 0.369 e. The third-order valence-electron chi connectivity index (χ3n) is 3.50. The van der Waals surface area contributed by atoms with Crippen molar-refractivity contribution >= 4 is 5.82 Å². The Morgan fingerprint density at radius 2 is 2.05 bits per heavy atom. The number of aryl methyl sites for hydroxylation is 2. The van der Waals surface area contributed by atoms with Crippen molar-refractivity contribution in [2.24, 2.45) is 0 Å². The summed E-state index contributed by atoms with van der Waals surface area (Å²) in [5, 5.41) is 16.9. The third kappa shape index (κ3) is 2.89. The fourth-order valence-electron chi connectivity index (χ4n) is 2.44. The number of hydrogen-bond donors (Lipinski definition) is 1. The second-order valence-electron chi connectivity index (χ2n) is 4.99. The van der Waals surface area contributed by atoms with Gasteiger partial charge in [-0.1, -0.05) is 6.92 Å². The van der Waals surface area contributed by atoms with Crippen LogP contribution < -0.4 is 5.32 Å². The molecule has 2 rings (SSSR count). The SMILES string of the molecule is CCCNc1nc(-c2c(C)nn(CC)c2C)ccc1C#N. The van der Waals surface area contributed by atoms with E-state index in [2.05, 4.69) is 42.2 Å². The maximum absolute atomic E-state index is 9.18. The normalized spacial score (nSPS) is 10.4. The van der Waals surface area contributed by atoms with Gasteiger partial charge in [-0.05, 0) is 39.3 Å². The first-order valence-corrected chi connectivity index (χ1v) is 7.31. The van der Waals surface area contributed by atoms with E-state index in [-0.39, 0.29) is 0 Å². The van der Waals surface area contributed by atoms with Gasteiger partial charge >= 0.3 is 0 Å². The van der Waals surface area contributed by atoms with Crippen LogP contribution in [0.15, 0.2) is 12.1 Å². The van der Waals surface area contributed by atoms with Gasteiger partial charge in [0, 0.05) is 24.3 Å². The van der Waals surface area contributed by atoms with E-state index in [4.69, 9.17) is 0 Å². The van der Waals surface area contributed by atoms with Crippen molar-refractivity contribution in [2.75, 3.05) is 11.9 Å². The summed E-state index contributed by atoms with van der Waals surface area (Å²) in [6.45, 7) is 9.85. The summed E-state index contributed by atoms with van der Waals surface area (Å²) in [6.07, 6.45) is 0.989. The molecular formula is C16H21N5. The molecule has 110 valence electrons. The Morgan fingerprint density at radius 1 is 1.29 bits per heavy atom. The molecule has 0 bridgehead atoms. The number of rotatable bonds is 5. The molecule has 0 spiro atoms. The van der Waals surface area contributed by atoms with E-state index in [1.807, 2.05) is 23.7 Å². The van der Waals surface area contributed by atoms with Gasteiger partial charge in [-0.3, -0.25) is 4.68 Å². The quantitative estimate of drug-likeness (QED) is 0.914. The summed E-state index contributed by atoms with van der Waals surface area (Å²) >= 11 is 0. The van der Waals surface area contributed by atoms with Crippen molar-refractivity contribution in [1.29, 1.82) is 5.26 Å². The molecule has 0 aliphatic rings. The Hall–Kier alpha value is -2.35. The molecule has 0 fully saturated rings. The van der Waals surface area contributed by atoms with Crippen LogP contribution in [0.2, 0.25) is 0 Å². The molecule has 2 aromatic rings. The van der Waals surface area contributed by atoms with E-state index >= 15 is 0 Å². The second-order valence-corrected chi connectivity index (χ2v) is 4.99. The van der Waals surface area contributed by atoms with Gasteiger partial charge in [0.25, 0.3) is 0 Å². The van der Waals surface area contributed by atoms with Crippen molar-refractivity contribution < 1.29 is 0 Å². The molecule has 0 amide bonds. The van der Waals surface area contributed by atoms with Crippen LogP contribution in [0.1, 0.15) is 37.2 Å². The van der Waals surface area contributed by atoms with Crippen LogP contribution in [-0.2, 0) is 6.54 Å². The minimum atomic E-state index is 0.574. The van der Waals surface area contributed by atoms with Crippen LogP contribution in [0.5, 0.6) is 0 Å². The predicted molar refractivity (Wildman–Crippen MR) is 84.1 cm³/mol. The molecule has 0 saturated carbocycles. The number of hydrogen-bond acceptors (Lipinski definition) is 4. The lowest BCUT2D eigenvalue weighted by molar-refractivity contribution is 0.634. The highest BCUT2D eigenvalue weighted by Crippen LogP contribution is 2.27. The minimum Gasteiger partial charge on any atom is -0.369 e. The zero-order valence-corrected chi connectivity index (χ0v) is 13.1. The number of nitriles is 1. The highest BCUT2D eigenvalue weighted by molar-refractivity contribution is 5.68. The number of nitrogens with one attached hydrogen (secondary N) is 1. The average molecular weight is 283 g/mol. The maximum atomic E-state index is 9.18. The first-order chi connectivity index (χ1) is 10.1. The lowest BCUT2D eigenvalue weighted by Crippen LogP contribution is -2.05. The first kappa shape index (κ1) is 15.0. The van der Waals surface area contributed by atoms with E-state index in [9.17, 15) is 5.26 Å². The van der Waals surface area contributed by atoms with Gasteiger partial charge in [0.1, 0.15) is 11.9 Å². The molecule has 0 aliphatic carbocycles. The Bertz CT molecular complexity index is 679. The van der Waals surface area contributed by atoms with E-state index in [0.29, 0.717) is 11.4 Å². The standard InChI is InChI=1S/C16H21N5/c1-5-9-18-16-13(10-17)7-8-14(19-16)15-11(3)20-21(6-2)12(15)4/h7-8H,5-6,9H2,1-4H3,(H,18,19). The molecule has 2 aromatic heterocycles. The van der Waals surface area contributed by atoms with Crippen LogP contribution in [-0.4, -0.2) is 21.3 Å². The number of aromatic nitrogens is 3. The molecule has 5 nitrogen and oxygen atoms in total. The summed E-state index contributed by atoms with van der Waals surface area (Å²) in [6, 6.07) is 5.90. The van der Waals surface area contributed by atoms with Gasteiger partial charge in [-0.2, -0.15) is 10.4 Å². The predicted octanol–water partition coefficient (Wildman–Crippen LogP) is 3.28.